The summed E-state index contributed by atoms with van der Waals surface area (Å²) < 4.78 is 6.18. The van der Waals surface area contributed by atoms with Crippen LogP contribution in [0.2, 0.25) is 0 Å². The number of rotatable bonds is 6. The van der Waals surface area contributed by atoms with Crippen molar-refractivity contribution in [3.8, 4) is 5.75 Å². The molecule has 0 saturated heterocycles. The molecule has 2 nitrogen and oxygen atoms in total. The lowest BCUT2D eigenvalue weighted by atomic mass is 10.1. The molecule has 1 aromatic rings. The predicted octanol–water partition coefficient (Wildman–Crippen LogP) is 3.86. The molecule has 94 valence electrons. The molecule has 0 aliphatic rings. The van der Waals surface area contributed by atoms with Gasteiger partial charge in [-0.3, -0.25) is 0 Å². The average molecular weight is 298 g/mol. The minimum Gasteiger partial charge on any atom is -0.496 e. The van der Waals surface area contributed by atoms with Crippen LogP contribution in [0.15, 0.2) is 28.7 Å². The quantitative estimate of drug-likeness (QED) is 0.861. The van der Waals surface area contributed by atoms with Gasteiger partial charge in [-0.05, 0) is 53.5 Å². The summed E-state index contributed by atoms with van der Waals surface area (Å²) in [5, 5.41) is 3.42. The van der Waals surface area contributed by atoms with Crippen LogP contribution >= 0.6 is 15.9 Å². The van der Waals surface area contributed by atoms with E-state index < -0.39 is 0 Å². The van der Waals surface area contributed by atoms with Crippen molar-refractivity contribution in [2.45, 2.75) is 26.3 Å². The third-order valence-corrected chi connectivity index (χ3v) is 3.09. The van der Waals surface area contributed by atoms with Gasteiger partial charge in [0.05, 0.1) is 11.6 Å². The summed E-state index contributed by atoms with van der Waals surface area (Å²) in [6, 6.07) is 6.47. The van der Waals surface area contributed by atoms with Gasteiger partial charge in [-0.2, -0.15) is 0 Å². The fourth-order valence-electron chi connectivity index (χ4n) is 1.48. The molecule has 3 heteroatoms. The van der Waals surface area contributed by atoms with Crippen LogP contribution in [-0.4, -0.2) is 19.7 Å². The second kappa shape index (κ2) is 7.51. The molecule has 1 rings (SSSR count). The smallest absolute Gasteiger partial charge is 0.133 e. The highest BCUT2D eigenvalue weighted by Gasteiger charge is 1.99. The number of halogens is 1. The fourth-order valence-corrected chi connectivity index (χ4v) is 2.04. The molecule has 1 unspecified atom stereocenters. The van der Waals surface area contributed by atoms with Crippen LogP contribution in [0.3, 0.4) is 0 Å². The first-order valence-electron chi connectivity index (χ1n) is 5.92. The van der Waals surface area contributed by atoms with E-state index in [2.05, 4.69) is 53.3 Å². The molecule has 0 saturated carbocycles. The van der Waals surface area contributed by atoms with Crippen LogP contribution in [0.5, 0.6) is 5.75 Å². The minimum atomic E-state index is 0.399. The standard InChI is InChI=1S/C14H20BrNO/c1-4-9-16-11(2)5-6-12-7-8-14(17-3)13(15)10-12/h5-8,10-11,16H,4,9H2,1-3H3/b6-5+. The van der Waals surface area contributed by atoms with Crippen molar-refractivity contribution in [3.05, 3.63) is 34.3 Å². The van der Waals surface area contributed by atoms with Crippen LogP contribution in [0.25, 0.3) is 6.08 Å². The molecule has 0 aliphatic carbocycles. The number of hydrogen-bond donors (Lipinski definition) is 1. The van der Waals surface area contributed by atoms with E-state index in [1.807, 2.05) is 12.1 Å². The maximum atomic E-state index is 5.20. The highest BCUT2D eigenvalue weighted by Crippen LogP contribution is 2.25. The Morgan fingerprint density at radius 3 is 2.82 bits per heavy atom. The zero-order chi connectivity index (χ0) is 12.7. The Labute approximate surface area is 112 Å². The first-order chi connectivity index (χ1) is 8.17. The van der Waals surface area contributed by atoms with Crippen molar-refractivity contribution < 1.29 is 4.74 Å². The van der Waals surface area contributed by atoms with E-state index in [1.54, 1.807) is 7.11 Å². The van der Waals surface area contributed by atoms with Gasteiger partial charge in [0, 0.05) is 6.04 Å². The molecule has 0 fully saturated rings. The number of methoxy groups -OCH3 is 1. The Morgan fingerprint density at radius 1 is 1.47 bits per heavy atom. The van der Waals surface area contributed by atoms with E-state index in [4.69, 9.17) is 4.74 Å². The first-order valence-corrected chi connectivity index (χ1v) is 6.71. The summed E-state index contributed by atoms with van der Waals surface area (Å²) in [6.07, 6.45) is 5.45. The van der Waals surface area contributed by atoms with Gasteiger partial charge in [-0.1, -0.05) is 25.1 Å². The Hall–Kier alpha value is -0.800. The lowest BCUT2D eigenvalue weighted by Gasteiger charge is -2.08. The van der Waals surface area contributed by atoms with Crippen molar-refractivity contribution in [2.75, 3.05) is 13.7 Å². The molecule has 0 aliphatic heterocycles. The van der Waals surface area contributed by atoms with Gasteiger partial charge in [-0.25, -0.2) is 0 Å². The zero-order valence-corrected chi connectivity index (χ0v) is 12.3. The summed E-state index contributed by atoms with van der Waals surface area (Å²) in [6.45, 7) is 5.38. The van der Waals surface area contributed by atoms with Gasteiger partial charge >= 0.3 is 0 Å². The maximum absolute atomic E-state index is 5.20. The number of nitrogens with one attached hydrogen (secondary N) is 1. The van der Waals surface area contributed by atoms with E-state index >= 15 is 0 Å². The van der Waals surface area contributed by atoms with E-state index in [0.717, 1.165) is 23.2 Å². The molecule has 0 radical (unpaired) electrons. The summed E-state index contributed by atoms with van der Waals surface area (Å²) in [7, 11) is 1.67. The van der Waals surface area contributed by atoms with Crippen molar-refractivity contribution in [1.29, 1.82) is 0 Å². The first kappa shape index (κ1) is 14.3. The second-order valence-corrected chi connectivity index (χ2v) is 4.85. The molecule has 1 N–H and O–H groups in total. The largest absolute Gasteiger partial charge is 0.496 e. The van der Waals surface area contributed by atoms with Crippen LogP contribution in [0, 0.1) is 0 Å². The van der Waals surface area contributed by atoms with Gasteiger partial charge in [0.15, 0.2) is 0 Å². The van der Waals surface area contributed by atoms with Crippen LogP contribution in [-0.2, 0) is 0 Å². The molecule has 1 atom stereocenters. The molecule has 17 heavy (non-hydrogen) atoms. The monoisotopic (exact) mass is 297 g/mol. The Morgan fingerprint density at radius 2 is 2.24 bits per heavy atom. The summed E-state index contributed by atoms with van der Waals surface area (Å²) in [5.74, 6) is 0.860. The third kappa shape index (κ3) is 4.92. The summed E-state index contributed by atoms with van der Waals surface area (Å²) >= 11 is 3.48. The van der Waals surface area contributed by atoms with E-state index in [0.29, 0.717) is 6.04 Å². The van der Waals surface area contributed by atoms with E-state index in [-0.39, 0.29) is 0 Å². The molecule has 1 aromatic carbocycles. The predicted molar refractivity (Wildman–Crippen MR) is 77.5 cm³/mol. The molecule has 0 heterocycles. The molecule has 0 bridgehead atoms. The lowest BCUT2D eigenvalue weighted by molar-refractivity contribution is 0.412. The maximum Gasteiger partial charge on any atom is 0.133 e. The minimum absolute atomic E-state index is 0.399. The molecule has 0 spiro atoms. The topological polar surface area (TPSA) is 21.3 Å². The van der Waals surface area contributed by atoms with Gasteiger partial charge in [0.1, 0.15) is 5.75 Å². The van der Waals surface area contributed by atoms with Crippen molar-refractivity contribution in [1.82, 2.24) is 5.32 Å². The Bertz CT molecular complexity index is 376. The number of hydrogen-bond acceptors (Lipinski definition) is 2. The van der Waals surface area contributed by atoms with Gasteiger partial charge in [0.2, 0.25) is 0 Å². The summed E-state index contributed by atoms with van der Waals surface area (Å²) in [4.78, 5) is 0. The molecule has 0 aromatic heterocycles. The van der Waals surface area contributed by atoms with E-state index in [9.17, 15) is 0 Å². The SMILES string of the molecule is CCCNC(C)/C=C/c1ccc(OC)c(Br)c1. The van der Waals surface area contributed by atoms with Gasteiger partial charge < -0.3 is 10.1 Å². The Kier molecular flexibility index (Phi) is 6.30. The van der Waals surface area contributed by atoms with Gasteiger partial charge in [0.25, 0.3) is 0 Å². The number of ether oxygens (including phenoxy) is 1. The zero-order valence-electron chi connectivity index (χ0n) is 10.7. The molecular formula is C14H20BrNO. The summed E-state index contributed by atoms with van der Waals surface area (Å²) in [5.41, 5.74) is 1.17. The second-order valence-electron chi connectivity index (χ2n) is 4.00. The normalized spacial score (nSPS) is 12.9. The van der Waals surface area contributed by atoms with Gasteiger partial charge in [-0.15, -0.1) is 0 Å². The third-order valence-electron chi connectivity index (χ3n) is 2.47. The van der Waals surface area contributed by atoms with Crippen LogP contribution < -0.4 is 10.1 Å². The Balaban J connectivity index is 2.62. The van der Waals surface area contributed by atoms with Crippen LogP contribution in [0.1, 0.15) is 25.8 Å². The molecule has 0 amide bonds. The highest BCUT2D eigenvalue weighted by molar-refractivity contribution is 9.10. The average Bonchev–Trinajstić information content (AvgIpc) is 2.34. The van der Waals surface area contributed by atoms with Crippen LogP contribution in [0.4, 0.5) is 0 Å². The number of benzene rings is 1. The van der Waals surface area contributed by atoms with Crippen molar-refractivity contribution in [3.63, 3.8) is 0 Å². The lowest BCUT2D eigenvalue weighted by Crippen LogP contribution is -2.24. The highest BCUT2D eigenvalue weighted by atomic mass is 79.9. The van der Waals surface area contributed by atoms with Crippen molar-refractivity contribution in [2.24, 2.45) is 0 Å². The van der Waals surface area contributed by atoms with Crippen molar-refractivity contribution >= 4 is 22.0 Å². The fraction of sp³-hybridized carbons (Fsp3) is 0.429. The van der Waals surface area contributed by atoms with E-state index in [1.165, 1.54) is 5.56 Å². The molecular weight excluding hydrogens is 278 g/mol.